The van der Waals surface area contributed by atoms with Crippen LogP contribution in [0.25, 0.3) is 5.65 Å². The van der Waals surface area contributed by atoms with Crippen molar-refractivity contribution in [1.29, 1.82) is 0 Å². The van der Waals surface area contributed by atoms with Crippen molar-refractivity contribution >= 4 is 23.7 Å². The highest BCUT2D eigenvalue weighted by molar-refractivity contribution is 5.95. The number of aryl methyl sites for hydroxylation is 1. The first-order chi connectivity index (χ1) is 11.6. The second-order valence-corrected chi connectivity index (χ2v) is 5.10. The summed E-state index contributed by atoms with van der Waals surface area (Å²) in [5.41, 5.74) is 5.05. The van der Waals surface area contributed by atoms with Crippen LogP contribution in [0.15, 0.2) is 53.8 Å². The van der Waals surface area contributed by atoms with Gasteiger partial charge in [-0.15, -0.1) is 0 Å². The molecule has 24 heavy (non-hydrogen) atoms. The van der Waals surface area contributed by atoms with Crippen LogP contribution in [0.3, 0.4) is 0 Å². The number of carbonyl (C=O) groups excluding carboxylic acids is 1. The minimum atomic E-state index is -0.991. The van der Waals surface area contributed by atoms with Crippen molar-refractivity contribution in [2.75, 3.05) is 0 Å². The molecule has 2 N–H and O–H groups in total. The van der Waals surface area contributed by atoms with Crippen LogP contribution < -0.4 is 5.43 Å². The Morgan fingerprint density at radius 3 is 2.67 bits per heavy atom. The molecule has 0 aliphatic rings. The number of aromatic carboxylic acids is 1. The van der Waals surface area contributed by atoms with Gasteiger partial charge in [-0.2, -0.15) is 5.10 Å². The number of hydrogen-bond acceptors (Lipinski definition) is 4. The molecule has 7 heteroatoms. The van der Waals surface area contributed by atoms with Crippen LogP contribution in [0.2, 0.25) is 0 Å². The average molecular weight is 322 g/mol. The Labute approximate surface area is 137 Å². The zero-order chi connectivity index (χ0) is 17.1. The summed E-state index contributed by atoms with van der Waals surface area (Å²) in [6.07, 6.45) is 3.21. The monoisotopic (exact) mass is 322 g/mol. The number of imidazole rings is 1. The number of amides is 1. The molecule has 0 saturated heterocycles. The maximum atomic E-state index is 12.3. The molecular formula is C17H14N4O3. The van der Waals surface area contributed by atoms with E-state index in [9.17, 15) is 9.59 Å². The third kappa shape index (κ3) is 3.00. The predicted molar refractivity (Wildman–Crippen MR) is 88.4 cm³/mol. The molecule has 0 bridgehead atoms. The lowest BCUT2D eigenvalue weighted by Gasteiger charge is -2.01. The molecule has 120 valence electrons. The molecule has 0 unspecified atom stereocenters. The van der Waals surface area contributed by atoms with Gasteiger partial charge in [0, 0.05) is 6.20 Å². The minimum absolute atomic E-state index is 0.192. The van der Waals surface area contributed by atoms with E-state index in [4.69, 9.17) is 5.11 Å². The number of carbonyl (C=O) groups is 2. The third-order valence-electron chi connectivity index (χ3n) is 3.46. The molecule has 1 aromatic carbocycles. The number of benzene rings is 1. The molecule has 0 aliphatic carbocycles. The second kappa shape index (κ2) is 6.33. The maximum Gasteiger partial charge on any atom is 0.335 e. The summed E-state index contributed by atoms with van der Waals surface area (Å²) in [6, 6.07) is 11.6. The Bertz CT molecular complexity index is 942. The molecule has 0 fully saturated rings. The molecule has 0 atom stereocenters. The van der Waals surface area contributed by atoms with E-state index in [1.165, 1.54) is 18.3 Å². The van der Waals surface area contributed by atoms with E-state index in [1.54, 1.807) is 29.7 Å². The van der Waals surface area contributed by atoms with Gasteiger partial charge in [-0.25, -0.2) is 15.2 Å². The fraction of sp³-hybridized carbons (Fsp3) is 0.0588. The number of rotatable bonds is 4. The molecule has 2 aromatic heterocycles. The van der Waals surface area contributed by atoms with Crippen molar-refractivity contribution in [2.24, 2.45) is 5.10 Å². The van der Waals surface area contributed by atoms with Crippen LogP contribution in [0.4, 0.5) is 0 Å². The Morgan fingerprint density at radius 1 is 1.21 bits per heavy atom. The Morgan fingerprint density at radius 2 is 1.96 bits per heavy atom. The minimum Gasteiger partial charge on any atom is -0.478 e. The van der Waals surface area contributed by atoms with E-state index in [0.717, 1.165) is 0 Å². The first kappa shape index (κ1) is 15.4. The normalized spacial score (nSPS) is 11.0. The van der Waals surface area contributed by atoms with Crippen LogP contribution in [0.1, 0.15) is 32.1 Å². The van der Waals surface area contributed by atoms with E-state index < -0.39 is 5.97 Å². The lowest BCUT2D eigenvalue weighted by atomic mass is 10.1. The molecule has 0 radical (unpaired) electrons. The first-order valence-corrected chi connectivity index (χ1v) is 7.17. The van der Waals surface area contributed by atoms with E-state index in [-0.39, 0.29) is 11.5 Å². The summed E-state index contributed by atoms with van der Waals surface area (Å²) in [4.78, 5) is 27.4. The van der Waals surface area contributed by atoms with Crippen LogP contribution in [-0.2, 0) is 0 Å². The van der Waals surface area contributed by atoms with Crippen molar-refractivity contribution in [2.45, 2.75) is 6.92 Å². The van der Waals surface area contributed by atoms with E-state index in [0.29, 0.717) is 22.6 Å². The van der Waals surface area contributed by atoms with Gasteiger partial charge in [0.05, 0.1) is 17.5 Å². The van der Waals surface area contributed by atoms with Gasteiger partial charge in [0.1, 0.15) is 11.3 Å². The third-order valence-corrected chi connectivity index (χ3v) is 3.46. The molecule has 1 amide bonds. The van der Waals surface area contributed by atoms with Crippen LogP contribution in [-0.4, -0.2) is 32.6 Å². The van der Waals surface area contributed by atoms with Crippen molar-refractivity contribution in [3.05, 3.63) is 71.2 Å². The number of nitrogens with one attached hydrogen (secondary N) is 1. The molecular weight excluding hydrogens is 308 g/mol. The van der Waals surface area contributed by atoms with Crippen molar-refractivity contribution in [3.63, 3.8) is 0 Å². The number of fused-ring (bicyclic) bond motifs is 1. The number of hydrogen-bond donors (Lipinski definition) is 2. The average Bonchev–Trinajstić information content (AvgIpc) is 2.91. The van der Waals surface area contributed by atoms with Crippen LogP contribution >= 0.6 is 0 Å². The Kier molecular flexibility index (Phi) is 4.07. The smallest absolute Gasteiger partial charge is 0.335 e. The number of aromatic nitrogens is 2. The van der Waals surface area contributed by atoms with Gasteiger partial charge in [-0.3, -0.25) is 9.20 Å². The van der Waals surface area contributed by atoms with Crippen molar-refractivity contribution in [1.82, 2.24) is 14.8 Å². The van der Waals surface area contributed by atoms with Gasteiger partial charge in [-0.1, -0.05) is 18.2 Å². The highest BCUT2D eigenvalue weighted by atomic mass is 16.4. The van der Waals surface area contributed by atoms with Gasteiger partial charge in [0.25, 0.3) is 5.91 Å². The van der Waals surface area contributed by atoms with Gasteiger partial charge in [0.2, 0.25) is 0 Å². The van der Waals surface area contributed by atoms with Gasteiger partial charge in [-0.05, 0) is 36.8 Å². The van der Waals surface area contributed by atoms with E-state index in [2.05, 4.69) is 15.5 Å². The van der Waals surface area contributed by atoms with Crippen LogP contribution in [0, 0.1) is 6.92 Å². The first-order valence-electron chi connectivity index (χ1n) is 7.17. The van der Waals surface area contributed by atoms with Gasteiger partial charge >= 0.3 is 5.97 Å². The van der Waals surface area contributed by atoms with Crippen molar-refractivity contribution < 1.29 is 14.7 Å². The van der Waals surface area contributed by atoms with Gasteiger partial charge < -0.3 is 5.11 Å². The standard InChI is InChI=1S/C17H14N4O3/c1-11-15(21-9-3-2-4-14(21)19-11)16(22)20-18-10-12-5-7-13(8-6-12)17(23)24/h2-10H,1H3,(H,20,22)(H,23,24)/b18-10-. The summed E-state index contributed by atoms with van der Waals surface area (Å²) in [6.45, 7) is 1.76. The summed E-state index contributed by atoms with van der Waals surface area (Å²) in [7, 11) is 0. The number of carboxylic acids is 1. The molecule has 3 rings (SSSR count). The molecule has 3 aromatic rings. The zero-order valence-electron chi connectivity index (χ0n) is 12.8. The largest absolute Gasteiger partial charge is 0.478 e. The van der Waals surface area contributed by atoms with Crippen molar-refractivity contribution in [3.8, 4) is 0 Å². The van der Waals surface area contributed by atoms with E-state index in [1.807, 2.05) is 18.2 Å². The quantitative estimate of drug-likeness (QED) is 0.568. The highest BCUT2D eigenvalue weighted by Crippen LogP contribution is 2.11. The zero-order valence-corrected chi connectivity index (χ0v) is 12.8. The topological polar surface area (TPSA) is 96.1 Å². The number of pyridine rings is 1. The maximum absolute atomic E-state index is 12.3. The van der Waals surface area contributed by atoms with Gasteiger partial charge in [0.15, 0.2) is 0 Å². The lowest BCUT2D eigenvalue weighted by molar-refractivity contribution is 0.0696. The molecule has 0 saturated carbocycles. The summed E-state index contributed by atoms with van der Waals surface area (Å²) in [5, 5.41) is 12.8. The lowest BCUT2D eigenvalue weighted by Crippen LogP contribution is -2.20. The fourth-order valence-electron chi connectivity index (χ4n) is 2.32. The Balaban J connectivity index is 1.75. The SMILES string of the molecule is Cc1nc2ccccn2c1C(=O)N/N=C\c1ccc(C(=O)O)cc1. The highest BCUT2D eigenvalue weighted by Gasteiger charge is 2.15. The Hall–Kier alpha value is -3.48. The molecule has 2 heterocycles. The summed E-state index contributed by atoms with van der Waals surface area (Å²) >= 11 is 0. The van der Waals surface area contributed by atoms with Crippen LogP contribution in [0.5, 0.6) is 0 Å². The second-order valence-electron chi connectivity index (χ2n) is 5.10. The molecule has 7 nitrogen and oxygen atoms in total. The number of hydrazone groups is 1. The number of nitrogens with zero attached hydrogens (tertiary/aromatic N) is 3. The fourth-order valence-corrected chi connectivity index (χ4v) is 2.32. The summed E-state index contributed by atoms with van der Waals surface area (Å²) < 4.78 is 1.70. The molecule has 0 spiro atoms. The summed E-state index contributed by atoms with van der Waals surface area (Å²) in [5.74, 6) is -1.36. The predicted octanol–water partition coefficient (Wildman–Crippen LogP) is 2.10. The molecule has 0 aliphatic heterocycles. The number of carboxylic acid groups (broad SMARTS) is 1. The van der Waals surface area contributed by atoms with E-state index >= 15 is 0 Å².